The number of phenols is 1. The van der Waals surface area contributed by atoms with E-state index in [9.17, 15) is 14.7 Å². The zero-order chi connectivity index (χ0) is 15.2. The lowest BCUT2D eigenvalue weighted by molar-refractivity contribution is -0.124. The highest BCUT2D eigenvalue weighted by Crippen LogP contribution is 2.24. The molecule has 1 aliphatic carbocycles. The maximum Gasteiger partial charge on any atom is 0.251 e. The minimum atomic E-state index is -0.285. The second-order valence-corrected chi connectivity index (χ2v) is 5.60. The monoisotopic (exact) mass is 310 g/mol. The maximum absolute atomic E-state index is 11.8. The molecule has 0 radical (unpaired) electrons. The smallest absolute Gasteiger partial charge is 0.251 e. The van der Waals surface area contributed by atoms with E-state index in [2.05, 4.69) is 10.6 Å². The molecule has 1 aromatic carbocycles. The van der Waals surface area contributed by atoms with Crippen LogP contribution < -0.4 is 10.6 Å². The van der Waals surface area contributed by atoms with Crippen molar-refractivity contribution in [1.82, 2.24) is 10.6 Å². The highest BCUT2D eigenvalue weighted by atomic mass is 35.5. The molecule has 2 amide bonds. The van der Waals surface area contributed by atoms with Crippen molar-refractivity contribution in [1.29, 1.82) is 0 Å². The number of benzene rings is 1. The van der Waals surface area contributed by atoms with Crippen LogP contribution in [0.4, 0.5) is 0 Å². The summed E-state index contributed by atoms with van der Waals surface area (Å²) in [5.41, 5.74) is 0.375. The van der Waals surface area contributed by atoms with Crippen molar-refractivity contribution < 1.29 is 14.7 Å². The van der Waals surface area contributed by atoms with Crippen molar-refractivity contribution in [3.8, 4) is 5.75 Å². The molecule has 2 rings (SSSR count). The topological polar surface area (TPSA) is 78.4 Å². The number of carbonyl (C=O) groups is 2. The molecule has 1 fully saturated rings. The number of halogens is 1. The van der Waals surface area contributed by atoms with Gasteiger partial charge < -0.3 is 15.7 Å². The van der Waals surface area contributed by atoms with Crippen LogP contribution in [0.15, 0.2) is 18.2 Å². The molecule has 0 aliphatic heterocycles. The normalized spacial score (nSPS) is 14.9. The zero-order valence-electron chi connectivity index (χ0n) is 11.7. The van der Waals surface area contributed by atoms with Gasteiger partial charge in [0.05, 0.1) is 5.02 Å². The first-order valence-corrected chi connectivity index (χ1v) is 7.50. The highest BCUT2D eigenvalue weighted by Gasteiger charge is 2.21. The van der Waals surface area contributed by atoms with Crippen LogP contribution in [0.2, 0.25) is 5.02 Å². The summed E-state index contributed by atoms with van der Waals surface area (Å²) in [5, 5.41) is 15.0. The van der Waals surface area contributed by atoms with E-state index in [1.54, 1.807) is 0 Å². The Hall–Kier alpha value is -1.75. The van der Waals surface area contributed by atoms with Gasteiger partial charge >= 0.3 is 0 Å². The number of aromatic hydroxyl groups is 1. The molecule has 0 heterocycles. The molecule has 21 heavy (non-hydrogen) atoms. The van der Waals surface area contributed by atoms with E-state index in [-0.39, 0.29) is 28.5 Å². The van der Waals surface area contributed by atoms with Crippen LogP contribution in [0.5, 0.6) is 5.75 Å². The van der Waals surface area contributed by atoms with Crippen LogP contribution in [-0.2, 0) is 4.79 Å². The van der Waals surface area contributed by atoms with Crippen LogP contribution in [0.25, 0.3) is 0 Å². The van der Waals surface area contributed by atoms with Crippen LogP contribution in [0, 0.1) is 5.92 Å². The molecule has 5 nitrogen and oxygen atoms in total. The Morgan fingerprint density at radius 3 is 2.52 bits per heavy atom. The van der Waals surface area contributed by atoms with Crippen molar-refractivity contribution in [3.63, 3.8) is 0 Å². The summed E-state index contributed by atoms with van der Waals surface area (Å²) in [5.74, 6) is -0.130. The Kier molecular flexibility index (Phi) is 5.44. The van der Waals surface area contributed by atoms with Crippen LogP contribution >= 0.6 is 11.6 Å². The molecule has 0 saturated heterocycles. The molecule has 1 aromatic rings. The number of phenolic OH excluding ortho intramolecular Hbond substituents is 1. The maximum atomic E-state index is 11.8. The third-order valence-corrected chi connectivity index (χ3v) is 3.95. The van der Waals surface area contributed by atoms with Crippen LogP contribution in [0.3, 0.4) is 0 Å². The number of hydrogen-bond donors (Lipinski definition) is 3. The summed E-state index contributed by atoms with van der Waals surface area (Å²) in [6.07, 6.45) is 4.17. The molecule has 0 bridgehead atoms. The van der Waals surface area contributed by atoms with E-state index in [0.29, 0.717) is 18.7 Å². The first-order valence-electron chi connectivity index (χ1n) is 7.12. The van der Waals surface area contributed by atoms with Crippen molar-refractivity contribution >= 4 is 23.4 Å². The molecular formula is C15H19ClN2O3. The fraction of sp³-hybridized carbons (Fsp3) is 0.467. The molecular weight excluding hydrogens is 292 g/mol. The molecule has 0 spiro atoms. The van der Waals surface area contributed by atoms with Gasteiger partial charge in [0.15, 0.2) is 0 Å². The first-order chi connectivity index (χ1) is 10.1. The molecule has 1 aliphatic rings. The van der Waals surface area contributed by atoms with E-state index in [1.807, 2.05) is 0 Å². The van der Waals surface area contributed by atoms with Crippen molar-refractivity contribution in [2.45, 2.75) is 25.7 Å². The van der Waals surface area contributed by atoms with Gasteiger partial charge in [-0.05, 0) is 31.0 Å². The lowest BCUT2D eigenvalue weighted by Gasteiger charge is -2.11. The Balaban J connectivity index is 1.71. The van der Waals surface area contributed by atoms with Crippen LogP contribution in [0.1, 0.15) is 36.0 Å². The number of amides is 2. The van der Waals surface area contributed by atoms with Crippen molar-refractivity contribution in [2.75, 3.05) is 13.1 Å². The minimum Gasteiger partial charge on any atom is -0.506 e. The van der Waals surface area contributed by atoms with Gasteiger partial charge in [0.2, 0.25) is 5.91 Å². The summed E-state index contributed by atoms with van der Waals surface area (Å²) in [6, 6.07) is 4.27. The molecule has 114 valence electrons. The lowest BCUT2D eigenvalue weighted by Crippen LogP contribution is -2.37. The van der Waals surface area contributed by atoms with E-state index >= 15 is 0 Å². The first kappa shape index (κ1) is 15.6. The third-order valence-electron chi connectivity index (χ3n) is 3.65. The zero-order valence-corrected chi connectivity index (χ0v) is 12.4. The molecule has 0 unspecified atom stereocenters. The average molecular weight is 311 g/mol. The Morgan fingerprint density at radius 1 is 1.19 bits per heavy atom. The van der Waals surface area contributed by atoms with Crippen molar-refractivity contribution in [2.24, 2.45) is 5.92 Å². The van der Waals surface area contributed by atoms with Gasteiger partial charge in [0, 0.05) is 24.6 Å². The minimum absolute atomic E-state index is 0.0583. The highest BCUT2D eigenvalue weighted by molar-refractivity contribution is 6.32. The van der Waals surface area contributed by atoms with Gasteiger partial charge in [0.1, 0.15) is 5.75 Å². The standard InChI is InChI=1S/C15H19ClN2O3/c16-12-9-11(5-6-13(12)19)15(21)18-8-7-17-14(20)10-3-1-2-4-10/h5-6,9-10,19H,1-4,7-8H2,(H,17,20)(H,18,21). The Labute approximate surface area is 128 Å². The number of rotatable bonds is 5. The predicted molar refractivity (Wildman–Crippen MR) is 80.4 cm³/mol. The molecule has 0 aromatic heterocycles. The second-order valence-electron chi connectivity index (χ2n) is 5.19. The van der Waals surface area contributed by atoms with Gasteiger partial charge in [0.25, 0.3) is 5.91 Å². The number of hydrogen-bond acceptors (Lipinski definition) is 3. The van der Waals surface area contributed by atoms with E-state index in [4.69, 9.17) is 11.6 Å². The fourth-order valence-electron chi connectivity index (χ4n) is 2.44. The SMILES string of the molecule is O=C(NCCNC(=O)C1CCCC1)c1ccc(O)c(Cl)c1. The predicted octanol–water partition coefficient (Wildman–Crippen LogP) is 2.08. The Bertz CT molecular complexity index is 528. The van der Waals surface area contributed by atoms with E-state index in [1.165, 1.54) is 18.2 Å². The quantitative estimate of drug-likeness (QED) is 0.729. The largest absolute Gasteiger partial charge is 0.506 e. The molecule has 0 atom stereocenters. The van der Waals surface area contributed by atoms with Gasteiger partial charge in [-0.3, -0.25) is 9.59 Å². The molecule has 6 heteroatoms. The van der Waals surface area contributed by atoms with Crippen LogP contribution in [-0.4, -0.2) is 30.0 Å². The lowest BCUT2D eigenvalue weighted by atomic mass is 10.1. The van der Waals surface area contributed by atoms with Gasteiger partial charge in [-0.15, -0.1) is 0 Å². The summed E-state index contributed by atoms with van der Waals surface area (Å²) in [7, 11) is 0. The summed E-state index contributed by atoms with van der Waals surface area (Å²) in [4.78, 5) is 23.6. The number of nitrogens with one attached hydrogen (secondary N) is 2. The molecule has 3 N–H and O–H groups in total. The van der Waals surface area contributed by atoms with E-state index < -0.39 is 0 Å². The third kappa shape index (κ3) is 4.36. The van der Waals surface area contributed by atoms with Gasteiger partial charge in [-0.1, -0.05) is 24.4 Å². The van der Waals surface area contributed by atoms with E-state index in [0.717, 1.165) is 25.7 Å². The fourth-order valence-corrected chi connectivity index (χ4v) is 2.62. The summed E-state index contributed by atoms with van der Waals surface area (Å²) < 4.78 is 0. The number of carbonyl (C=O) groups excluding carboxylic acids is 2. The Morgan fingerprint density at radius 2 is 1.86 bits per heavy atom. The van der Waals surface area contributed by atoms with Gasteiger partial charge in [-0.25, -0.2) is 0 Å². The summed E-state index contributed by atoms with van der Waals surface area (Å²) in [6.45, 7) is 0.767. The second kappa shape index (κ2) is 7.31. The summed E-state index contributed by atoms with van der Waals surface area (Å²) >= 11 is 5.75. The van der Waals surface area contributed by atoms with Crippen molar-refractivity contribution in [3.05, 3.63) is 28.8 Å². The average Bonchev–Trinajstić information content (AvgIpc) is 3.00. The molecule has 1 saturated carbocycles. The van der Waals surface area contributed by atoms with Gasteiger partial charge in [-0.2, -0.15) is 0 Å².